The minimum absolute atomic E-state index is 0.299. The third-order valence-corrected chi connectivity index (χ3v) is 5.03. The summed E-state index contributed by atoms with van der Waals surface area (Å²) < 4.78 is 16.9. The highest BCUT2D eigenvalue weighted by atomic mass is 32.1. The summed E-state index contributed by atoms with van der Waals surface area (Å²) in [4.78, 5) is 14.6. The van der Waals surface area contributed by atoms with Crippen molar-refractivity contribution in [1.29, 1.82) is 0 Å². The number of nitrogens with one attached hydrogen (secondary N) is 1. The molecule has 24 heavy (non-hydrogen) atoms. The first kappa shape index (κ1) is 16.8. The number of esters is 1. The van der Waals surface area contributed by atoms with E-state index < -0.39 is 11.6 Å². The van der Waals surface area contributed by atoms with Crippen molar-refractivity contribution in [3.8, 4) is 11.5 Å². The third kappa shape index (κ3) is 2.38. The van der Waals surface area contributed by atoms with Gasteiger partial charge in [-0.15, -0.1) is 0 Å². The van der Waals surface area contributed by atoms with Crippen molar-refractivity contribution in [1.82, 2.24) is 10.2 Å². The van der Waals surface area contributed by atoms with Crippen molar-refractivity contribution in [3.63, 3.8) is 0 Å². The summed E-state index contributed by atoms with van der Waals surface area (Å²) >= 11 is 5.50. The van der Waals surface area contributed by atoms with Gasteiger partial charge in [-0.1, -0.05) is 0 Å². The molecule has 1 aromatic carbocycles. The largest absolute Gasteiger partial charge is 0.497 e. The van der Waals surface area contributed by atoms with E-state index >= 15 is 0 Å². The normalized spacial score (nSPS) is 27.7. The molecular formula is C17H22N2O4S. The van der Waals surface area contributed by atoms with Crippen molar-refractivity contribution in [2.45, 2.75) is 32.5 Å². The first-order chi connectivity index (χ1) is 11.5. The highest BCUT2D eigenvalue weighted by molar-refractivity contribution is 7.80. The Balaban J connectivity index is 2.14. The molecule has 0 radical (unpaired) electrons. The second-order valence-corrected chi connectivity index (χ2v) is 6.35. The number of rotatable bonds is 4. The molecule has 2 aliphatic heterocycles. The Morgan fingerprint density at radius 3 is 2.83 bits per heavy atom. The zero-order valence-corrected chi connectivity index (χ0v) is 15.1. The summed E-state index contributed by atoms with van der Waals surface area (Å²) in [7, 11) is 1.61. The number of fused-ring (bicyclic) bond motifs is 4. The summed E-state index contributed by atoms with van der Waals surface area (Å²) in [6.45, 7) is 6.61. The van der Waals surface area contributed by atoms with Crippen LogP contribution in [0, 0.1) is 5.92 Å². The van der Waals surface area contributed by atoms with Gasteiger partial charge >= 0.3 is 5.97 Å². The SMILES string of the molecule is CCOC(=O)[C@@H]1[C@H]2NC(=S)N(CC)[C@]1(C)Oc1ccc(OC)cc12. The van der Waals surface area contributed by atoms with Crippen LogP contribution in [0.1, 0.15) is 32.4 Å². The van der Waals surface area contributed by atoms with Gasteiger partial charge in [0, 0.05) is 12.1 Å². The molecule has 2 aliphatic rings. The fourth-order valence-electron chi connectivity index (χ4n) is 3.61. The fraction of sp³-hybridized carbons (Fsp3) is 0.529. The maximum Gasteiger partial charge on any atom is 0.317 e. The lowest BCUT2D eigenvalue weighted by molar-refractivity contribution is -0.174. The fourth-order valence-corrected chi connectivity index (χ4v) is 4.04. The van der Waals surface area contributed by atoms with Crippen molar-refractivity contribution < 1.29 is 19.0 Å². The van der Waals surface area contributed by atoms with Gasteiger partial charge in [-0.2, -0.15) is 0 Å². The number of carbonyl (C=O) groups excluding carboxylic acids is 1. The molecule has 2 bridgehead atoms. The first-order valence-electron chi connectivity index (χ1n) is 8.08. The zero-order chi connectivity index (χ0) is 17.5. The molecule has 0 amide bonds. The molecular weight excluding hydrogens is 328 g/mol. The van der Waals surface area contributed by atoms with Gasteiger partial charge in [0.05, 0.1) is 19.8 Å². The Morgan fingerprint density at radius 1 is 1.46 bits per heavy atom. The Hall–Kier alpha value is -2.02. The number of nitrogens with zero attached hydrogens (tertiary/aromatic N) is 1. The Bertz CT molecular complexity index is 681. The van der Waals surface area contributed by atoms with Crippen LogP contribution < -0.4 is 14.8 Å². The van der Waals surface area contributed by atoms with Crippen LogP contribution >= 0.6 is 12.2 Å². The molecule has 0 unspecified atom stereocenters. The summed E-state index contributed by atoms with van der Waals surface area (Å²) in [6.07, 6.45) is 0. The third-order valence-electron chi connectivity index (χ3n) is 4.70. The summed E-state index contributed by atoms with van der Waals surface area (Å²) in [5.74, 6) is 0.585. The van der Waals surface area contributed by atoms with E-state index in [-0.39, 0.29) is 12.0 Å². The van der Waals surface area contributed by atoms with Crippen LogP contribution in [-0.2, 0) is 9.53 Å². The van der Waals surface area contributed by atoms with E-state index in [2.05, 4.69) is 5.32 Å². The van der Waals surface area contributed by atoms with Crippen LogP contribution in [0.25, 0.3) is 0 Å². The van der Waals surface area contributed by atoms with Crippen molar-refractivity contribution in [2.24, 2.45) is 5.92 Å². The maximum absolute atomic E-state index is 12.7. The molecule has 3 atom stereocenters. The van der Waals surface area contributed by atoms with Gasteiger partial charge in [-0.25, -0.2) is 0 Å². The lowest BCUT2D eigenvalue weighted by Gasteiger charge is -2.55. The van der Waals surface area contributed by atoms with E-state index in [4.69, 9.17) is 26.4 Å². The van der Waals surface area contributed by atoms with Gasteiger partial charge in [-0.05, 0) is 51.2 Å². The second kappa shape index (κ2) is 6.12. The number of benzene rings is 1. The van der Waals surface area contributed by atoms with Crippen LogP contribution in [0.2, 0.25) is 0 Å². The molecule has 0 saturated carbocycles. The van der Waals surface area contributed by atoms with Crippen LogP contribution in [-0.4, -0.2) is 42.0 Å². The molecule has 2 heterocycles. The predicted octanol–water partition coefficient (Wildman–Crippen LogP) is 2.23. The second-order valence-electron chi connectivity index (χ2n) is 5.96. The van der Waals surface area contributed by atoms with E-state index in [1.165, 1.54) is 0 Å². The van der Waals surface area contributed by atoms with Gasteiger partial charge in [0.2, 0.25) is 0 Å². The standard InChI is InChI=1S/C17H22N2O4S/c1-5-19-16(24)18-14-11-9-10(21-4)7-8-12(11)23-17(19,3)13(14)15(20)22-6-2/h7-9,13-14H,5-6H2,1-4H3,(H,18,24)/t13-,14-,17+/m0/s1. The van der Waals surface area contributed by atoms with Gasteiger partial charge in [0.1, 0.15) is 17.4 Å². The van der Waals surface area contributed by atoms with E-state index in [9.17, 15) is 4.79 Å². The predicted molar refractivity (Wildman–Crippen MR) is 93.0 cm³/mol. The van der Waals surface area contributed by atoms with Crippen molar-refractivity contribution >= 4 is 23.3 Å². The Morgan fingerprint density at radius 2 is 2.21 bits per heavy atom. The number of thiocarbonyl (C=S) groups is 1. The first-order valence-corrected chi connectivity index (χ1v) is 8.48. The van der Waals surface area contributed by atoms with Crippen LogP contribution in [0.4, 0.5) is 0 Å². The highest BCUT2D eigenvalue weighted by Gasteiger charge is 2.59. The molecule has 3 rings (SSSR count). The van der Waals surface area contributed by atoms with Crippen LogP contribution in [0.15, 0.2) is 18.2 Å². The average Bonchev–Trinajstić information content (AvgIpc) is 2.54. The summed E-state index contributed by atoms with van der Waals surface area (Å²) in [5, 5.41) is 3.86. The quantitative estimate of drug-likeness (QED) is 0.660. The van der Waals surface area contributed by atoms with Gasteiger partial charge in [-0.3, -0.25) is 4.79 Å². The van der Waals surface area contributed by atoms with E-state index in [1.807, 2.05) is 36.9 Å². The zero-order valence-electron chi connectivity index (χ0n) is 14.3. The lowest BCUT2D eigenvalue weighted by Crippen LogP contribution is -2.71. The van der Waals surface area contributed by atoms with E-state index in [1.54, 1.807) is 14.0 Å². The molecule has 1 aromatic rings. The molecule has 6 nitrogen and oxygen atoms in total. The number of methoxy groups -OCH3 is 1. The number of carbonyl (C=O) groups is 1. The minimum Gasteiger partial charge on any atom is -0.497 e. The van der Waals surface area contributed by atoms with E-state index in [0.29, 0.717) is 24.0 Å². The summed E-state index contributed by atoms with van der Waals surface area (Å²) in [5.41, 5.74) is -0.0433. The Labute approximate surface area is 147 Å². The minimum atomic E-state index is -0.893. The van der Waals surface area contributed by atoms with Crippen LogP contribution in [0.3, 0.4) is 0 Å². The molecule has 7 heteroatoms. The lowest BCUT2D eigenvalue weighted by atomic mass is 9.79. The topological polar surface area (TPSA) is 60.0 Å². The number of ether oxygens (including phenoxy) is 3. The summed E-state index contributed by atoms with van der Waals surface area (Å²) in [6, 6.07) is 5.27. The van der Waals surface area contributed by atoms with Crippen LogP contribution in [0.5, 0.6) is 11.5 Å². The highest BCUT2D eigenvalue weighted by Crippen LogP contribution is 2.49. The van der Waals surface area contributed by atoms with Gasteiger partial charge < -0.3 is 24.4 Å². The molecule has 130 valence electrons. The molecule has 0 aliphatic carbocycles. The van der Waals surface area contributed by atoms with E-state index in [0.717, 1.165) is 11.3 Å². The Kier molecular flexibility index (Phi) is 4.29. The monoisotopic (exact) mass is 350 g/mol. The number of hydrogen-bond acceptors (Lipinski definition) is 5. The van der Waals surface area contributed by atoms with Gasteiger partial charge in [0.15, 0.2) is 10.8 Å². The number of hydrogen-bond donors (Lipinski definition) is 1. The average molecular weight is 350 g/mol. The maximum atomic E-state index is 12.7. The molecule has 1 fully saturated rings. The molecule has 0 spiro atoms. The smallest absolute Gasteiger partial charge is 0.317 e. The molecule has 0 aromatic heterocycles. The van der Waals surface area contributed by atoms with Gasteiger partial charge in [0.25, 0.3) is 0 Å². The molecule has 1 saturated heterocycles. The van der Waals surface area contributed by atoms with Crippen molar-refractivity contribution in [3.05, 3.63) is 23.8 Å². The van der Waals surface area contributed by atoms with Crippen molar-refractivity contribution in [2.75, 3.05) is 20.3 Å². The molecule has 1 N–H and O–H groups in total.